The standard InChI is InChI=1S/C17H15NO4/c19-14-6-5-11(9-15(14)20)7-8-18-17(21)13-10-22-16-4-2-1-3-12(13)16/h1-6,9-10,19-20H,7-8H2,(H,18,21). The van der Waals surface area contributed by atoms with Gasteiger partial charge in [-0.2, -0.15) is 0 Å². The summed E-state index contributed by atoms with van der Waals surface area (Å²) in [4.78, 5) is 12.2. The Morgan fingerprint density at radius 2 is 1.91 bits per heavy atom. The Balaban J connectivity index is 1.64. The number of amides is 1. The van der Waals surface area contributed by atoms with Crippen molar-refractivity contribution in [2.45, 2.75) is 6.42 Å². The Morgan fingerprint density at radius 1 is 1.09 bits per heavy atom. The van der Waals surface area contributed by atoms with Crippen LogP contribution in [-0.2, 0) is 6.42 Å². The van der Waals surface area contributed by atoms with Crippen molar-refractivity contribution in [3.05, 3.63) is 59.9 Å². The van der Waals surface area contributed by atoms with E-state index < -0.39 is 0 Å². The zero-order valence-electron chi connectivity index (χ0n) is 11.7. The van der Waals surface area contributed by atoms with Gasteiger partial charge in [0.05, 0.1) is 5.56 Å². The van der Waals surface area contributed by atoms with Crippen molar-refractivity contribution in [2.75, 3.05) is 6.54 Å². The van der Waals surface area contributed by atoms with E-state index in [1.165, 1.54) is 18.4 Å². The first-order chi connectivity index (χ1) is 10.6. The minimum absolute atomic E-state index is 0.155. The highest BCUT2D eigenvalue weighted by atomic mass is 16.3. The fourth-order valence-electron chi connectivity index (χ4n) is 2.29. The minimum atomic E-state index is -0.201. The molecule has 0 saturated heterocycles. The fourth-order valence-corrected chi connectivity index (χ4v) is 2.29. The van der Waals surface area contributed by atoms with Gasteiger partial charge in [0, 0.05) is 11.9 Å². The Bertz CT molecular complexity index is 822. The average Bonchev–Trinajstić information content (AvgIpc) is 2.95. The SMILES string of the molecule is O=C(NCCc1ccc(O)c(O)c1)c1coc2ccccc12. The summed E-state index contributed by atoms with van der Waals surface area (Å²) in [5.74, 6) is -0.518. The second-order valence-electron chi connectivity index (χ2n) is 4.97. The smallest absolute Gasteiger partial charge is 0.255 e. The summed E-state index contributed by atoms with van der Waals surface area (Å²) in [5, 5.41) is 22.3. The Kier molecular flexibility index (Phi) is 3.70. The molecule has 3 aromatic rings. The molecule has 0 aliphatic rings. The number of hydrogen-bond acceptors (Lipinski definition) is 4. The molecule has 0 fully saturated rings. The number of para-hydroxylation sites is 1. The zero-order valence-corrected chi connectivity index (χ0v) is 11.7. The van der Waals surface area contributed by atoms with Gasteiger partial charge in [0.25, 0.3) is 5.91 Å². The van der Waals surface area contributed by atoms with Crippen molar-refractivity contribution in [3.8, 4) is 11.5 Å². The van der Waals surface area contributed by atoms with Crippen LogP contribution in [-0.4, -0.2) is 22.7 Å². The first kappa shape index (κ1) is 14.0. The maximum atomic E-state index is 12.2. The number of carbonyl (C=O) groups is 1. The van der Waals surface area contributed by atoms with Crippen LogP contribution < -0.4 is 5.32 Å². The number of furan rings is 1. The Hall–Kier alpha value is -2.95. The van der Waals surface area contributed by atoms with Crippen molar-refractivity contribution in [1.82, 2.24) is 5.32 Å². The van der Waals surface area contributed by atoms with Crippen LogP contribution in [0.5, 0.6) is 11.5 Å². The number of carbonyl (C=O) groups excluding carboxylic acids is 1. The van der Waals surface area contributed by atoms with Gasteiger partial charge in [-0.15, -0.1) is 0 Å². The van der Waals surface area contributed by atoms with Crippen LogP contribution in [0.3, 0.4) is 0 Å². The topological polar surface area (TPSA) is 82.7 Å². The molecule has 1 amide bonds. The van der Waals surface area contributed by atoms with Gasteiger partial charge in [0.1, 0.15) is 11.8 Å². The first-order valence-electron chi connectivity index (χ1n) is 6.90. The van der Waals surface area contributed by atoms with E-state index in [0.717, 1.165) is 10.9 Å². The van der Waals surface area contributed by atoms with Crippen LogP contribution in [0.25, 0.3) is 11.0 Å². The second kappa shape index (κ2) is 5.81. The van der Waals surface area contributed by atoms with Crippen molar-refractivity contribution >= 4 is 16.9 Å². The average molecular weight is 297 g/mol. The number of rotatable bonds is 4. The van der Waals surface area contributed by atoms with Crippen LogP contribution >= 0.6 is 0 Å². The van der Waals surface area contributed by atoms with E-state index in [2.05, 4.69) is 5.32 Å². The molecule has 22 heavy (non-hydrogen) atoms. The lowest BCUT2D eigenvalue weighted by Crippen LogP contribution is -2.25. The number of hydrogen-bond donors (Lipinski definition) is 3. The molecule has 5 heteroatoms. The number of phenols is 2. The number of fused-ring (bicyclic) bond motifs is 1. The van der Waals surface area contributed by atoms with Gasteiger partial charge < -0.3 is 19.9 Å². The fraction of sp³-hybridized carbons (Fsp3) is 0.118. The zero-order chi connectivity index (χ0) is 15.5. The molecule has 5 nitrogen and oxygen atoms in total. The van der Waals surface area contributed by atoms with Gasteiger partial charge in [-0.1, -0.05) is 24.3 Å². The molecule has 0 aliphatic carbocycles. The molecule has 0 spiro atoms. The molecule has 2 aromatic carbocycles. The predicted octanol–water partition coefficient (Wildman–Crippen LogP) is 2.82. The van der Waals surface area contributed by atoms with E-state index in [0.29, 0.717) is 24.1 Å². The summed E-state index contributed by atoms with van der Waals surface area (Å²) in [6.45, 7) is 0.419. The number of nitrogens with one attached hydrogen (secondary N) is 1. The van der Waals surface area contributed by atoms with Gasteiger partial charge in [-0.25, -0.2) is 0 Å². The third-order valence-electron chi connectivity index (χ3n) is 3.46. The van der Waals surface area contributed by atoms with E-state index in [4.69, 9.17) is 4.42 Å². The molecule has 0 bridgehead atoms. The maximum absolute atomic E-state index is 12.2. The van der Waals surface area contributed by atoms with Gasteiger partial charge in [-0.05, 0) is 30.2 Å². The van der Waals surface area contributed by atoms with Crippen molar-refractivity contribution in [3.63, 3.8) is 0 Å². The quantitative estimate of drug-likeness (QED) is 0.647. The monoisotopic (exact) mass is 297 g/mol. The Labute approximate surface area is 126 Å². The largest absolute Gasteiger partial charge is 0.504 e. The third-order valence-corrected chi connectivity index (χ3v) is 3.46. The highest BCUT2D eigenvalue weighted by Crippen LogP contribution is 2.25. The summed E-state index contributed by atoms with van der Waals surface area (Å²) in [6.07, 6.45) is 2.00. The lowest BCUT2D eigenvalue weighted by molar-refractivity contribution is 0.0955. The third kappa shape index (κ3) is 2.74. The molecular formula is C17H15NO4. The van der Waals surface area contributed by atoms with Crippen LogP contribution in [0.2, 0.25) is 0 Å². The first-order valence-corrected chi connectivity index (χ1v) is 6.90. The van der Waals surface area contributed by atoms with Crippen LogP contribution in [0, 0.1) is 0 Å². The molecule has 1 heterocycles. The molecular weight excluding hydrogens is 282 g/mol. The maximum Gasteiger partial charge on any atom is 0.255 e. The van der Waals surface area contributed by atoms with E-state index in [1.807, 2.05) is 24.3 Å². The van der Waals surface area contributed by atoms with Gasteiger partial charge >= 0.3 is 0 Å². The summed E-state index contributed by atoms with van der Waals surface area (Å²) < 4.78 is 5.34. The molecule has 1 aromatic heterocycles. The van der Waals surface area contributed by atoms with E-state index in [9.17, 15) is 15.0 Å². The molecule has 0 saturated carbocycles. The lowest BCUT2D eigenvalue weighted by Gasteiger charge is -2.05. The Morgan fingerprint density at radius 3 is 2.73 bits per heavy atom. The highest BCUT2D eigenvalue weighted by molar-refractivity contribution is 6.05. The minimum Gasteiger partial charge on any atom is -0.504 e. The van der Waals surface area contributed by atoms with Crippen molar-refractivity contribution in [2.24, 2.45) is 0 Å². The van der Waals surface area contributed by atoms with Crippen LogP contribution in [0.15, 0.2) is 53.1 Å². The number of benzene rings is 2. The molecule has 0 aliphatic heterocycles. The van der Waals surface area contributed by atoms with Crippen molar-refractivity contribution < 1.29 is 19.4 Å². The summed E-state index contributed by atoms with van der Waals surface area (Å²) in [5.41, 5.74) is 2.01. The molecule has 0 radical (unpaired) electrons. The number of aromatic hydroxyl groups is 2. The summed E-state index contributed by atoms with van der Waals surface area (Å²) in [6, 6.07) is 12.0. The molecule has 3 N–H and O–H groups in total. The molecule has 0 unspecified atom stereocenters. The second-order valence-corrected chi connectivity index (χ2v) is 4.97. The number of phenolic OH excluding ortho intramolecular Hbond substituents is 2. The highest BCUT2D eigenvalue weighted by Gasteiger charge is 2.12. The summed E-state index contributed by atoms with van der Waals surface area (Å²) in [7, 11) is 0. The molecule has 0 atom stereocenters. The molecule has 3 rings (SSSR count). The normalized spacial score (nSPS) is 10.7. The van der Waals surface area contributed by atoms with Gasteiger partial charge in [0.2, 0.25) is 0 Å². The lowest BCUT2D eigenvalue weighted by atomic mass is 10.1. The van der Waals surface area contributed by atoms with Gasteiger partial charge in [-0.3, -0.25) is 4.79 Å². The van der Waals surface area contributed by atoms with E-state index in [1.54, 1.807) is 6.07 Å². The van der Waals surface area contributed by atoms with E-state index in [-0.39, 0.29) is 17.4 Å². The predicted molar refractivity (Wildman–Crippen MR) is 82.0 cm³/mol. The van der Waals surface area contributed by atoms with E-state index >= 15 is 0 Å². The molecule has 112 valence electrons. The van der Waals surface area contributed by atoms with Crippen LogP contribution in [0.4, 0.5) is 0 Å². The van der Waals surface area contributed by atoms with Crippen LogP contribution in [0.1, 0.15) is 15.9 Å². The van der Waals surface area contributed by atoms with Crippen molar-refractivity contribution in [1.29, 1.82) is 0 Å². The summed E-state index contributed by atoms with van der Waals surface area (Å²) >= 11 is 0. The van der Waals surface area contributed by atoms with Gasteiger partial charge in [0.15, 0.2) is 11.5 Å².